The maximum absolute atomic E-state index is 5.09. The molecule has 2 heteroatoms. The summed E-state index contributed by atoms with van der Waals surface area (Å²) in [5, 5.41) is 3.57. The first-order valence-corrected chi connectivity index (χ1v) is 7.32. The fraction of sp³-hybridized carbons (Fsp3) is 1.00. The maximum atomic E-state index is 5.09. The lowest BCUT2D eigenvalue weighted by atomic mass is 9.76. The number of hydrogen-bond donors (Lipinski definition) is 1. The number of methoxy groups -OCH3 is 1. The van der Waals surface area contributed by atoms with Gasteiger partial charge >= 0.3 is 0 Å². The standard InChI is InChI=1S/C15H31NO/c1-5-6-13(2)11-15(3,14-7-8-14)12-16-9-10-17-4/h13-14,16H,5-12H2,1-4H3. The first-order chi connectivity index (χ1) is 8.12. The molecule has 0 aromatic rings. The van der Waals surface area contributed by atoms with Gasteiger partial charge in [0.05, 0.1) is 6.61 Å². The zero-order valence-corrected chi connectivity index (χ0v) is 12.2. The van der Waals surface area contributed by atoms with Crippen molar-refractivity contribution in [2.24, 2.45) is 17.3 Å². The molecule has 1 aliphatic rings. The molecule has 0 aliphatic heterocycles. The van der Waals surface area contributed by atoms with E-state index in [2.05, 4.69) is 26.1 Å². The van der Waals surface area contributed by atoms with E-state index in [0.29, 0.717) is 5.41 Å². The van der Waals surface area contributed by atoms with Crippen LogP contribution in [0, 0.1) is 17.3 Å². The molecule has 1 rings (SSSR count). The van der Waals surface area contributed by atoms with Gasteiger partial charge in [0.25, 0.3) is 0 Å². The Kier molecular flexibility index (Phi) is 6.50. The molecule has 0 amide bonds. The second-order valence-corrected chi connectivity index (χ2v) is 6.20. The van der Waals surface area contributed by atoms with Crippen LogP contribution >= 0.6 is 0 Å². The van der Waals surface area contributed by atoms with Crippen LogP contribution in [0.1, 0.15) is 52.9 Å². The molecule has 2 unspecified atom stereocenters. The molecule has 0 saturated heterocycles. The average Bonchev–Trinajstić information content (AvgIpc) is 3.08. The predicted octanol–water partition coefficient (Wildman–Crippen LogP) is 3.47. The molecule has 0 aromatic carbocycles. The molecule has 1 fully saturated rings. The number of hydrogen-bond acceptors (Lipinski definition) is 2. The molecule has 0 aromatic heterocycles. The van der Waals surface area contributed by atoms with Crippen LogP contribution in [0.2, 0.25) is 0 Å². The van der Waals surface area contributed by atoms with Crippen LogP contribution in [0.4, 0.5) is 0 Å². The van der Waals surface area contributed by atoms with Crippen molar-refractivity contribution in [2.45, 2.75) is 52.9 Å². The zero-order valence-electron chi connectivity index (χ0n) is 12.2. The molecule has 0 heterocycles. The summed E-state index contributed by atoms with van der Waals surface area (Å²) in [4.78, 5) is 0. The van der Waals surface area contributed by atoms with E-state index in [1.165, 1.54) is 32.1 Å². The van der Waals surface area contributed by atoms with Crippen molar-refractivity contribution in [1.29, 1.82) is 0 Å². The Labute approximate surface area is 108 Å². The van der Waals surface area contributed by atoms with E-state index in [1.807, 2.05) is 0 Å². The molecule has 0 radical (unpaired) electrons. The van der Waals surface area contributed by atoms with E-state index in [9.17, 15) is 0 Å². The molecule has 2 nitrogen and oxygen atoms in total. The fourth-order valence-corrected chi connectivity index (χ4v) is 3.10. The molecule has 0 spiro atoms. The summed E-state index contributed by atoms with van der Waals surface area (Å²) in [6.45, 7) is 10.2. The largest absolute Gasteiger partial charge is 0.383 e. The number of rotatable bonds is 10. The van der Waals surface area contributed by atoms with Gasteiger partial charge in [0.1, 0.15) is 0 Å². The van der Waals surface area contributed by atoms with Gasteiger partial charge in [-0.25, -0.2) is 0 Å². The second-order valence-electron chi connectivity index (χ2n) is 6.20. The average molecular weight is 241 g/mol. The molecular formula is C15H31NO. The Morgan fingerprint density at radius 3 is 2.65 bits per heavy atom. The summed E-state index contributed by atoms with van der Waals surface area (Å²) in [6.07, 6.45) is 6.97. The molecule has 0 bridgehead atoms. The number of ether oxygens (including phenoxy) is 1. The normalized spacial score (nSPS) is 21.2. The molecule has 1 N–H and O–H groups in total. The van der Waals surface area contributed by atoms with E-state index in [0.717, 1.165) is 31.5 Å². The summed E-state index contributed by atoms with van der Waals surface area (Å²) < 4.78 is 5.09. The van der Waals surface area contributed by atoms with Gasteiger partial charge in [0.15, 0.2) is 0 Å². The van der Waals surface area contributed by atoms with Gasteiger partial charge in [-0.05, 0) is 36.5 Å². The maximum Gasteiger partial charge on any atom is 0.0587 e. The lowest BCUT2D eigenvalue weighted by Gasteiger charge is -2.33. The van der Waals surface area contributed by atoms with E-state index in [-0.39, 0.29) is 0 Å². The Morgan fingerprint density at radius 1 is 1.41 bits per heavy atom. The summed E-state index contributed by atoms with van der Waals surface area (Å²) >= 11 is 0. The highest BCUT2D eigenvalue weighted by atomic mass is 16.5. The zero-order chi connectivity index (χ0) is 12.7. The predicted molar refractivity (Wildman–Crippen MR) is 74.3 cm³/mol. The first-order valence-electron chi connectivity index (χ1n) is 7.32. The van der Waals surface area contributed by atoms with Crippen molar-refractivity contribution in [2.75, 3.05) is 26.8 Å². The lowest BCUT2D eigenvalue weighted by Crippen LogP contribution is -2.36. The van der Waals surface area contributed by atoms with Crippen LogP contribution in [0.3, 0.4) is 0 Å². The highest BCUT2D eigenvalue weighted by Crippen LogP contribution is 2.48. The smallest absolute Gasteiger partial charge is 0.0587 e. The van der Waals surface area contributed by atoms with Crippen LogP contribution in [0.15, 0.2) is 0 Å². The first kappa shape index (κ1) is 15.0. The second kappa shape index (κ2) is 7.38. The Hall–Kier alpha value is -0.0800. The van der Waals surface area contributed by atoms with Crippen LogP contribution in [-0.4, -0.2) is 26.8 Å². The summed E-state index contributed by atoms with van der Waals surface area (Å²) in [7, 11) is 1.77. The topological polar surface area (TPSA) is 21.3 Å². The highest BCUT2D eigenvalue weighted by Gasteiger charge is 2.41. The minimum Gasteiger partial charge on any atom is -0.383 e. The third-order valence-corrected chi connectivity index (χ3v) is 4.17. The van der Waals surface area contributed by atoms with Gasteiger partial charge in [-0.15, -0.1) is 0 Å². The minimum atomic E-state index is 0.516. The van der Waals surface area contributed by atoms with E-state index >= 15 is 0 Å². The quantitative estimate of drug-likeness (QED) is 0.591. The Bertz CT molecular complexity index is 203. The summed E-state index contributed by atoms with van der Waals surface area (Å²) in [6, 6.07) is 0. The lowest BCUT2D eigenvalue weighted by molar-refractivity contribution is 0.171. The van der Waals surface area contributed by atoms with Crippen molar-refractivity contribution in [3.63, 3.8) is 0 Å². The van der Waals surface area contributed by atoms with Crippen molar-refractivity contribution >= 4 is 0 Å². The Morgan fingerprint density at radius 2 is 2.12 bits per heavy atom. The highest BCUT2D eigenvalue weighted by molar-refractivity contribution is 4.93. The van der Waals surface area contributed by atoms with E-state index in [1.54, 1.807) is 7.11 Å². The summed E-state index contributed by atoms with van der Waals surface area (Å²) in [5.74, 6) is 1.84. The minimum absolute atomic E-state index is 0.516. The molecule has 2 atom stereocenters. The SMILES string of the molecule is CCCC(C)CC(C)(CNCCOC)C1CC1. The third-order valence-electron chi connectivity index (χ3n) is 4.17. The number of nitrogens with one attached hydrogen (secondary N) is 1. The third kappa shape index (κ3) is 5.39. The van der Waals surface area contributed by atoms with Gasteiger partial charge < -0.3 is 10.1 Å². The molecule has 1 saturated carbocycles. The molecule has 1 aliphatic carbocycles. The van der Waals surface area contributed by atoms with Gasteiger partial charge in [0.2, 0.25) is 0 Å². The van der Waals surface area contributed by atoms with Gasteiger partial charge in [-0.1, -0.05) is 33.6 Å². The van der Waals surface area contributed by atoms with Crippen molar-refractivity contribution in [3.05, 3.63) is 0 Å². The van der Waals surface area contributed by atoms with E-state index < -0.39 is 0 Å². The van der Waals surface area contributed by atoms with Crippen LogP contribution in [0.5, 0.6) is 0 Å². The van der Waals surface area contributed by atoms with Crippen molar-refractivity contribution in [3.8, 4) is 0 Å². The Balaban J connectivity index is 2.33. The monoisotopic (exact) mass is 241 g/mol. The van der Waals surface area contributed by atoms with Crippen LogP contribution < -0.4 is 5.32 Å². The van der Waals surface area contributed by atoms with Gasteiger partial charge in [0, 0.05) is 20.2 Å². The molecule has 17 heavy (non-hydrogen) atoms. The van der Waals surface area contributed by atoms with Crippen LogP contribution in [-0.2, 0) is 4.74 Å². The van der Waals surface area contributed by atoms with Crippen LogP contribution in [0.25, 0.3) is 0 Å². The van der Waals surface area contributed by atoms with E-state index in [4.69, 9.17) is 4.74 Å². The fourth-order valence-electron chi connectivity index (χ4n) is 3.10. The molecule has 102 valence electrons. The summed E-state index contributed by atoms with van der Waals surface area (Å²) in [5.41, 5.74) is 0.516. The van der Waals surface area contributed by atoms with Crippen molar-refractivity contribution in [1.82, 2.24) is 5.32 Å². The van der Waals surface area contributed by atoms with Gasteiger partial charge in [-0.3, -0.25) is 0 Å². The van der Waals surface area contributed by atoms with Gasteiger partial charge in [-0.2, -0.15) is 0 Å². The van der Waals surface area contributed by atoms with Crippen molar-refractivity contribution < 1.29 is 4.74 Å². The molecular weight excluding hydrogens is 210 g/mol.